The van der Waals surface area contributed by atoms with Crippen LogP contribution < -0.4 is 0 Å². The summed E-state index contributed by atoms with van der Waals surface area (Å²) in [7, 11) is -3.37. The second kappa shape index (κ2) is 24.6. The van der Waals surface area contributed by atoms with Crippen molar-refractivity contribution in [3.63, 3.8) is 0 Å². The van der Waals surface area contributed by atoms with Crippen LogP contribution in [0.1, 0.15) is 155 Å². The molecule has 0 fully saturated rings. The zero-order valence-corrected chi connectivity index (χ0v) is 24.1. The van der Waals surface area contributed by atoms with Crippen molar-refractivity contribution in [3.8, 4) is 12.1 Å². The predicted molar refractivity (Wildman–Crippen MR) is 150 cm³/mol. The monoisotopic (exact) mass is 508 g/mol. The number of rotatable bonds is 26. The summed E-state index contributed by atoms with van der Waals surface area (Å²) >= 11 is 0. The Balaban J connectivity index is 3.95. The van der Waals surface area contributed by atoms with Crippen molar-refractivity contribution >= 4 is 9.84 Å². The summed E-state index contributed by atoms with van der Waals surface area (Å²) in [5.41, 5.74) is 0. The molecule has 0 radical (unpaired) electrons. The van der Waals surface area contributed by atoms with Gasteiger partial charge in [-0.15, -0.1) is 0 Å². The van der Waals surface area contributed by atoms with Gasteiger partial charge in [-0.2, -0.15) is 10.5 Å². The van der Waals surface area contributed by atoms with Crippen molar-refractivity contribution in [2.75, 3.05) is 11.5 Å². The number of nitriles is 2. The summed E-state index contributed by atoms with van der Waals surface area (Å²) in [6.45, 7) is 4.47. The molecule has 204 valence electrons. The van der Waals surface area contributed by atoms with Gasteiger partial charge < -0.3 is 0 Å². The first-order chi connectivity index (χ1) is 17.0. The van der Waals surface area contributed by atoms with E-state index in [9.17, 15) is 18.9 Å². The van der Waals surface area contributed by atoms with Gasteiger partial charge in [-0.05, 0) is 12.8 Å². The topological polar surface area (TPSA) is 81.7 Å². The van der Waals surface area contributed by atoms with E-state index in [2.05, 4.69) is 26.0 Å². The van der Waals surface area contributed by atoms with Gasteiger partial charge in [0.1, 0.15) is 0 Å². The molecule has 0 aliphatic carbocycles. The lowest BCUT2D eigenvalue weighted by Crippen LogP contribution is -2.22. The third-order valence-electron chi connectivity index (χ3n) is 7.09. The maximum Gasteiger partial charge on any atom is 0.152 e. The fourth-order valence-electron chi connectivity index (χ4n) is 4.81. The van der Waals surface area contributed by atoms with E-state index in [1.54, 1.807) is 0 Å². The molecule has 35 heavy (non-hydrogen) atoms. The van der Waals surface area contributed by atoms with Gasteiger partial charge in [-0.1, -0.05) is 142 Å². The maximum absolute atomic E-state index is 12.6. The van der Waals surface area contributed by atoms with E-state index in [1.165, 1.54) is 103 Å². The van der Waals surface area contributed by atoms with Crippen molar-refractivity contribution in [1.29, 1.82) is 10.5 Å². The Hall–Kier alpha value is -1.07. The van der Waals surface area contributed by atoms with Crippen LogP contribution in [0.5, 0.6) is 0 Å². The Morgan fingerprint density at radius 3 is 1.00 bits per heavy atom. The van der Waals surface area contributed by atoms with E-state index in [-0.39, 0.29) is 11.5 Å². The number of nitrogens with zero attached hydrogens (tertiary/aromatic N) is 2. The first-order valence-corrected chi connectivity index (χ1v) is 16.8. The molecule has 0 N–H and O–H groups in total. The van der Waals surface area contributed by atoms with Gasteiger partial charge in [0.15, 0.2) is 9.84 Å². The Bertz CT molecular complexity index is 598. The second-order valence-electron chi connectivity index (χ2n) is 10.7. The molecule has 0 saturated heterocycles. The Morgan fingerprint density at radius 1 is 0.486 bits per heavy atom. The summed E-state index contributed by atoms with van der Waals surface area (Å²) < 4.78 is 25.3. The molecular weight excluding hydrogens is 452 g/mol. The largest absolute Gasteiger partial charge is 0.229 e. The molecule has 2 atom stereocenters. The van der Waals surface area contributed by atoms with Gasteiger partial charge >= 0.3 is 0 Å². The standard InChI is InChI=1S/C30H56N2O2S/c1-3-5-7-9-11-13-15-17-19-21-23-29(25-31)27-35(33,34)28-30(26-32)24-22-20-18-16-14-12-10-8-6-4-2/h29-30H,3-24,27-28H2,1-2H3. The van der Waals surface area contributed by atoms with E-state index in [0.717, 1.165) is 25.7 Å². The molecule has 0 aromatic carbocycles. The highest BCUT2D eigenvalue weighted by atomic mass is 32.2. The SMILES string of the molecule is CCCCCCCCCCCCC(C#N)CS(=O)(=O)CC(C#N)CCCCCCCCCCCC. The van der Waals surface area contributed by atoms with Gasteiger partial charge in [0.25, 0.3) is 0 Å². The summed E-state index contributed by atoms with van der Waals surface area (Å²) in [4.78, 5) is 0. The normalized spacial score (nSPS) is 13.3. The fraction of sp³-hybridized carbons (Fsp3) is 0.933. The van der Waals surface area contributed by atoms with Crippen LogP contribution in [0.3, 0.4) is 0 Å². The zero-order chi connectivity index (χ0) is 26.0. The Morgan fingerprint density at radius 2 is 0.743 bits per heavy atom. The van der Waals surface area contributed by atoms with Crippen LogP contribution in [0.25, 0.3) is 0 Å². The molecule has 0 amide bonds. The second-order valence-corrected chi connectivity index (χ2v) is 12.8. The fourth-order valence-corrected chi connectivity index (χ4v) is 6.65. The minimum Gasteiger partial charge on any atom is -0.229 e. The van der Waals surface area contributed by atoms with Gasteiger partial charge in [-0.3, -0.25) is 0 Å². The number of hydrogen-bond acceptors (Lipinski definition) is 4. The van der Waals surface area contributed by atoms with Crippen molar-refractivity contribution < 1.29 is 8.42 Å². The van der Waals surface area contributed by atoms with Gasteiger partial charge in [0.2, 0.25) is 0 Å². The van der Waals surface area contributed by atoms with Crippen LogP contribution in [-0.2, 0) is 9.84 Å². The first kappa shape index (κ1) is 33.9. The van der Waals surface area contributed by atoms with E-state index >= 15 is 0 Å². The van der Waals surface area contributed by atoms with Crippen molar-refractivity contribution in [2.24, 2.45) is 11.8 Å². The minimum atomic E-state index is -3.37. The third-order valence-corrected chi connectivity index (χ3v) is 8.91. The van der Waals surface area contributed by atoms with E-state index in [0.29, 0.717) is 12.8 Å². The van der Waals surface area contributed by atoms with Crippen LogP contribution in [0, 0.1) is 34.5 Å². The average Bonchev–Trinajstić information content (AvgIpc) is 2.84. The smallest absolute Gasteiger partial charge is 0.152 e. The predicted octanol–water partition coefficient (Wildman–Crippen LogP) is 9.30. The van der Waals surface area contributed by atoms with Gasteiger partial charge in [-0.25, -0.2) is 8.42 Å². The van der Waals surface area contributed by atoms with Crippen LogP contribution >= 0.6 is 0 Å². The molecule has 5 heteroatoms. The lowest BCUT2D eigenvalue weighted by Gasteiger charge is -2.13. The summed E-state index contributed by atoms with van der Waals surface area (Å²) in [6, 6.07) is 4.41. The molecule has 4 nitrogen and oxygen atoms in total. The summed E-state index contributed by atoms with van der Waals surface area (Å²) in [5, 5.41) is 18.9. The highest BCUT2D eigenvalue weighted by Gasteiger charge is 2.23. The van der Waals surface area contributed by atoms with E-state index in [1.807, 2.05) is 0 Å². The summed E-state index contributed by atoms with van der Waals surface area (Å²) in [5.74, 6) is -1.05. The Kier molecular flexibility index (Phi) is 23.9. The molecular formula is C30H56N2O2S. The number of hydrogen-bond donors (Lipinski definition) is 0. The lowest BCUT2D eigenvalue weighted by atomic mass is 10.0. The van der Waals surface area contributed by atoms with Crippen molar-refractivity contribution in [1.82, 2.24) is 0 Å². The highest BCUT2D eigenvalue weighted by molar-refractivity contribution is 7.91. The van der Waals surface area contributed by atoms with Crippen molar-refractivity contribution in [2.45, 2.75) is 155 Å². The van der Waals surface area contributed by atoms with E-state index in [4.69, 9.17) is 0 Å². The van der Waals surface area contributed by atoms with E-state index < -0.39 is 21.7 Å². The molecule has 0 aromatic rings. The molecule has 0 aromatic heterocycles. The maximum atomic E-state index is 12.6. The molecule has 2 unspecified atom stereocenters. The molecule has 0 rings (SSSR count). The third kappa shape index (κ3) is 23.1. The molecule has 0 heterocycles. The molecule has 0 saturated carbocycles. The molecule has 0 bridgehead atoms. The zero-order valence-electron chi connectivity index (χ0n) is 23.2. The van der Waals surface area contributed by atoms with Gasteiger partial charge in [0.05, 0.1) is 35.5 Å². The van der Waals surface area contributed by atoms with Crippen LogP contribution in [0.4, 0.5) is 0 Å². The van der Waals surface area contributed by atoms with Crippen LogP contribution in [-0.4, -0.2) is 19.9 Å². The Labute approximate surface area is 219 Å². The van der Waals surface area contributed by atoms with Crippen molar-refractivity contribution in [3.05, 3.63) is 0 Å². The average molecular weight is 509 g/mol. The van der Waals surface area contributed by atoms with Gasteiger partial charge in [0, 0.05) is 0 Å². The quantitative estimate of drug-likeness (QED) is 0.109. The minimum absolute atomic E-state index is 0.0862. The first-order valence-electron chi connectivity index (χ1n) is 15.0. The lowest BCUT2D eigenvalue weighted by molar-refractivity contribution is 0.514. The number of unbranched alkanes of at least 4 members (excludes halogenated alkanes) is 18. The van der Waals surface area contributed by atoms with Crippen LogP contribution in [0.15, 0.2) is 0 Å². The highest BCUT2D eigenvalue weighted by Crippen LogP contribution is 2.19. The van der Waals surface area contributed by atoms with Crippen LogP contribution in [0.2, 0.25) is 0 Å². The molecule has 0 spiro atoms. The molecule has 0 aliphatic heterocycles. The summed E-state index contributed by atoms with van der Waals surface area (Å²) in [6.07, 6.45) is 26.0. The number of sulfone groups is 1. The molecule has 0 aliphatic rings.